The van der Waals surface area contributed by atoms with Crippen molar-refractivity contribution in [1.82, 2.24) is 0 Å². The second-order valence-electron chi connectivity index (χ2n) is 3.75. The van der Waals surface area contributed by atoms with Gasteiger partial charge in [0.2, 0.25) is 5.91 Å². The molecule has 0 aromatic heterocycles. The molecule has 0 saturated heterocycles. The highest BCUT2D eigenvalue weighted by molar-refractivity contribution is 8.00. The summed E-state index contributed by atoms with van der Waals surface area (Å²) in [5.74, 6) is -0.536. The topological polar surface area (TPSA) is 29.1 Å². The fraction of sp³-hybridized carbons (Fsp3) is 0.0714. The molecule has 98 valence electrons. The molecule has 0 radical (unpaired) electrons. The molecule has 2 aromatic rings. The molecule has 0 unspecified atom stereocenters. The Balaban J connectivity index is 1.92. The van der Waals surface area contributed by atoms with Gasteiger partial charge in [0, 0.05) is 4.90 Å². The van der Waals surface area contributed by atoms with Crippen molar-refractivity contribution in [3.8, 4) is 0 Å². The normalized spacial score (nSPS) is 10.2. The van der Waals surface area contributed by atoms with Crippen molar-refractivity contribution >= 4 is 35.0 Å². The average Bonchev–Trinajstić information content (AvgIpc) is 2.40. The van der Waals surface area contributed by atoms with Gasteiger partial charge in [-0.25, -0.2) is 4.39 Å². The standard InChI is InChI=1S/C14H11ClFNOS/c15-10-5-1-4-8-13(10)19-9-14(18)17-12-7-3-2-6-11(12)16/h1-8H,9H2,(H,17,18). The molecule has 0 bridgehead atoms. The minimum atomic E-state index is -0.446. The van der Waals surface area contributed by atoms with E-state index in [1.165, 1.54) is 23.9 Å². The predicted octanol–water partition coefficient (Wildman–Crippen LogP) is 4.21. The maximum Gasteiger partial charge on any atom is 0.234 e. The van der Waals surface area contributed by atoms with Gasteiger partial charge in [-0.15, -0.1) is 11.8 Å². The quantitative estimate of drug-likeness (QED) is 0.856. The van der Waals surface area contributed by atoms with E-state index in [1.54, 1.807) is 18.2 Å². The van der Waals surface area contributed by atoms with Gasteiger partial charge < -0.3 is 5.32 Å². The summed E-state index contributed by atoms with van der Waals surface area (Å²) in [5, 5.41) is 3.13. The van der Waals surface area contributed by atoms with Crippen molar-refractivity contribution in [1.29, 1.82) is 0 Å². The lowest BCUT2D eigenvalue weighted by molar-refractivity contribution is -0.113. The van der Waals surface area contributed by atoms with Gasteiger partial charge >= 0.3 is 0 Å². The first-order chi connectivity index (χ1) is 9.16. The second kappa shape index (κ2) is 6.59. The zero-order valence-corrected chi connectivity index (χ0v) is 11.5. The van der Waals surface area contributed by atoms with Crippen LogP contribution in [0.3, 0.4) is 0 Å². The number of nitrogens with one attached hydrogen (secondary N) is 1. The van der Waals surface area contributed by atoms with Gasteiger partial charge in [0.05, 0.1) is 16.5 Å². The Morgan fingerprint density at radius 3 is 2.58 bits per heavy atom. The highest BCUT2D eigenvalue weighted by Gasteiger charge is 2.08. The molecule has 2 aromatic carbocycles. The molecule has 2 nitrogen and oxygen atoms in total. The first kappa shape index (κ1) is 13.9. The lowest BCUT2D eigenvalue weighted by atomic mass is 10.3. The minimum Gasteiger partial charge on any atom is -0.323 e. The van der Waals surface area contributed by atoms with Crippen LogP contribution in [-0.4, -0.2) is 11.7 Å². The number of anilines is 1. The van der Waals surface area contributed by atoms with Crippen LogP contribution in [0.25, 0.3) is 0 Å². The van der Waals surface area contributed by atoms with Gasteiger partial charge in [-0.05, 0) is 24.3 Å². The number of amides is 1. The van der Waals surface area contributed by atoms with Crippen LogP contribution in [-0.2, 0) is 4.79 Å². The molecule has 5 heteroatoms. The van der Waals surface area contributed by atoms with E-state index in [2.05, 4.69) is 5.32 Å². The van der Waals surface area contributed by atoms with Gasteiger partial charge in [0.25, 0.3) is 0 Å². The summed E-state index contributed by atoms with van der Waals surface area (Å²) < 4.78 is 13.3. The van der Waals surface area contributed by atoms with E-state index in [0.717, 1.165) is 4.90 Å². The number of hydrogen-bond acceptors (Lipinski definition) is 2. The smallest absolute Gasteiger partial charge is 0.234 e. The van der Waals surface area contributed by atoms with Crippen LogP contribution in [0, 0.1) is 5.82 Å². The van der Waals surface area contributed by atoms with Crippen LogP contribution in [0.15, 0.2) is 53.4 Å². The molecule has 0 aliphatic heterocycles. The van der Waals surface area contributed by atoms with Gasteiger partial charge in [-0.2, -0.15) is 0 Å². The van der Waals surface area contributed by atoms with Crippen LogP contribution in [0.4, 0.5) is 10.1 Å². The number of halogens is 2. The lowest BCUT2D eigenvalue weighted by Gasteiger charge is -2.06. The number of benzene rings is 2. The molecule has 0 atom stereocenters. The molecular formula is C14H11ClFNOS. The Kier molecular flexibility index (Phi) is 4.82. The van der Waals surface area contributed by atoms with E-state index in [1.807, 2.05) is 18.2 Å². The molecule has 0 spiro atoms. The first-order valence-corrected chi connectivity index (χ1v) is 6.95. The van der Waals surface area contributed by atoms with E-state index < -0.39 is 5.82 Å². The van der Waals surface area contributed by atoms with Crippen LogP contribution in [0.1, 0.15) is 0 Å². The first-order valence-electron chi connectivity index (χ1n) is 5.58. The van der Waals surface area contributed by atoms with Crippen molar-refractivity contribution in [2.24, 2.45) is 0 Å². The molecule has 1 amide bonds. The molecule has 0 aliphatic carbocycles. The minimum absolute atomic E-state index is 0.179. The molecule has 0 aliphatic rings. The molecular weight excluding hydrogens is 285 g/mol. The predicted molar refractivity (Wildman–Crippen MR) is 77.2 cm³/mol. The third-order valence-electron chi connectivity index (χ3n) is 2.34. The van der Waals surface area contributed by atoms with Gasteiger partial charge in [0.15, 0.2) is 0 Å². The molecule has 19 heavy (non-hydrogen) atoms. The summed E-state index contributed by atoms with van der Waals surface area (Å²) in [6, 6.07) is 13.3. The lowest BCUT2D eigenvalue weighted by Crippen LogP contribution is -2.14. The van der Waals surface area contributed by atoms with E-state index in [9.17, 15) is 9.18 Å². The maximum atomic E-state index is 13.3. The van der Waals surface area contributed by atoms with E-state index in [4.69, 9.17) is 11.6 Å². The molecule has 2 rings (SSSR count). The fourth-order valence-corrected chi connectivity index (χ4v) is 2.49. The number of thioether (sulfide) groups is 1. The Morgan fingerprint density at radius 2 is 1.84 bits per heavy atom. The van der Waals surface area contributed by atoms with E-state index in [0.29, 0.717) is 5.02 Å². The second-order valence-corrected chi connectivity index (χ2v) is 5.17. The molecule has 0 heterocycles. The summed E-state index contributed by atoms with van der Waals surface area (Å²) in [7, 11) is 0. The zero-order valence-electron chi connectivity index (χ0n) is 9.90. The van der Waals surface area contributed by atoms with Crippen molar-refractivity contribution in [3.63, 3.8) is 0 Å². The van der Waals surface area contributed by atoms with Crippen molar-refractivity contribution in [3.05, 3.63) is 59.4 Å². The SMILES string of the molecule is O=C(CSc1ccccc1Cl)Nc1ccccc1F. The monoisotopic (exact) mass is 295 g/mol. The number of carbonyl (C=O) groups excluding carboxylic acids is 1. The van der Waals surface area contributed by atoms with E-state index in [-0.39, 0.29) is 17.3 Å². The number of hydrogen-bond donors (Lipinski definition) is 1. The summed E-state index contributed by atoms with van der Waals surface area (Å²) in [6.07, 6.45) is 0. The van der Waals surface area contributed by atoms with E-state index >= 15 is 0 Å². The van der Waals surface area contributed by atoms with Crippen LogP contribution in [0.5, 0.6) is 0 Å². The van der Waals surface area contributed by atoms with Crippen LogP contribution < -0.4 is 5.32 Å². The van der Waals surface area contributed by atoms with Crippen LogP contribution >= 0.6 is 23.4 Å². The summed E-state index contributed by atoms with van der Waals surface area (Å²) in [6.45, 7) is 0. The Morgan fingerprint density at radius 1 is 1.16 bits per heavy atom. The molecule has 0 saturated carbocycles. The largest absolute Gasteiger partial charge is 0.323 e. The summed E-state index contributed by atoms with van der Waals surface area (Å²) >= 11 is 7.29. The number of carbonyl (C=O) groups is 1. The molecule has 1 N–H and O–H groups in total. The average molecular weight is 296 g/mol. The van der Waals surface area contributed by atoms with Crippen LogP contribution in [0.2, 0.25) is 5.02 Å². The van der Waals surface area contributed by atoms with Crippen molar-refractivity contribution in [2.75, 3.05) is 11.1 Å². The van der Waals surface area contributed by atoms with Gasteiger partial charge in [-0.1, -0.05) is 35.9 Å². The highest BCUT2D eigenvalue weighted by Crippen LogP contribution is 2.26. The Labute approximate surface area is 120 Å². The third kappa shape index (κ3) is 3.98. The summed E-state index contributed by atoms with van der Waals surface area (Å²) in [4.78, 5) is 12.5. The molecule has 0 fully saturated rings. The number of para-hydroxylation sites is 1. The maximum absolute atomic E-state index is 13.3. The highest BCUT2D eigenvalue weighted by atomic mass is 35.5. The zero-order chi connectivity index (χ0) is 13.7. The van der Waals surface area contributed by atoms with Crippen molar-refractivity contribution in [2.45, 2.75) is 4.90 Å². The summed E-state index contributed by atoms with van der Waals surface area (Å²) in [5.41, 5.74) is 0.187. The van der Waals surface area contributed by atoms with Gasteiger partial charge in [-0.3, -0.25) is 4.79 Å². The van der Waals surface area contributed by atoms with Gasteiger partial charge in [0.1, 0.15) is 5.82 Å². The Hall–Kier alpha value is -1.52. The number of rotatable bonds is 4. The third-order valence-corrected chi connectivity index (χ3v) is 3.86. The fourth-order valence-electron chi connectivity index (χ4n) is 1.45. The Bertz CT molecular complexity index is 591. The van der Waals surface area contributed by atoms with Crippen molar-refractivity contribution < 1.29 is 9.18 Å².